The predicted octanol–water partition coefficient (Wildman–Crippen LogP) is 8.00. The van der Waals surface area contributed by atoms with Crippen LogP contribution in [0.4, 0.5) is 0 Å². The van der Waals surface area contributed by atoms with Gasteiger partial charge in [-0.1, -0.05) is 33.6 Å². The molecule has 2 aromatic heterocycles. The molecule has 0 radical (unpaired) electrons. The zero-order valence-electron chi connectivity index (χ0n) is 19.4. The van der Waals surface area contributed by atoms with Crippen LogP contribution in [-0.2, 0) is 0 Å². The van der Waals surface area contributed by atoms with Crippen molar-refractivity contribution >= 4 is 57.6 Å². The number of thiophene rings is 2. The lowest BCUT2D eigenvalue weighted by molar-refractivity contribution is 0.751. The molecule has 0 saturated heterocycles. The van der Waals surface area contributed by atoms with Crippen LogP contribution in [-0.4, -0.2) is 22.9 Å². The Morgan fingerprint density at radius 2 is 1.34 bits per heavy atom. The molecule has 2 aliphatic rings. The molecule has 4 rings (SSSR count). The molecular formula is C26H28N2S4. The summed E-state index contributed by atoms with van der Waals surface area (Å²) in [6, 6.07) is 8.68. The molecule has 0 aliphatic carbocycles. The fourth-order valence-electron chi connectivity index (χ4n) is 3.35. The average Bonchev–Trinajstić information content (AvgIpc) is 3.49. The molecule has 0 atom stereocenters. The van der Waals surface area contributed by atoms with Crippen molar-refractivity contribution in [1.82, 2.24) is 0 Å². The molecule has 0 bridgehead atoms. The lowest BCUT2D eigenvalue weighted by Gasteiger charge is -2.07. The van der Waals surface area contributed by atoms with E-state index in [1.165, 1.54) is 25.8 Å². The van der Waals surface area contributed by atoms with E-state index in [2.05, 4.69) is 70.7 Å². The van der Waals surface area contributed by atoms with Gasteiger partial charge in [-0.05, 0) is 49.9 Å². The summed E-state index contributed by atoms with van der Waals surface area (Å²) in [5, 5.41) is 2.23. The molecule has 2 aliphatic heterocycles. The van der Waals surface area contributed by atoms with E-state index in [-0.39, 0.29) is 0 Å². The van der Waals surface area contributed by atoms with E-state index in [4.69, 9.17) is 9.98 Å². The van der Waals surface area contributed by atoms with Crippen molar-refractivity contribution in [2.45, 2.75) is 41.5 Å². The van der Waals surface area contributed by atoms with Crippen molar-refractivity contribution in [2.24, 2.45) is 21.8 Å². The Kier molecular flexibility index (Phi) is 7.51. The largest absolute Gasteiger partial charge is 0.239 e. The van der Waals surface area contributed by atoms with Crippen LogP contribution in [0.3, 0.4) is 0 Å². The maximum Gasteiger partial charge on any atom is 0.107 e. The Balaban J connectivity index is 1.82. The highest BCUT2D eigenvalue weighted by Gasteiger charge is 2.37. The summed E-state index contributed by atoms with van der Waals surface area (Å²) >= 11 is 7.27. The normalized spacial score (nSPS) is 15.5. The van der Waals surface area contributed by atoms with Gasteiger partial charge in [0.25, 0.3) is 0 Å². The molecule has 0 unspecified atom stereocenters. The molecular weight excluding hydrogens is 469 g/mol. The van der Waals surface area contributed by atoms with Crippen LogP contribution in [0.5, 0.6) is 0 Å². The van der Waals surface area contributed by atoms with Crippen molar-refractivity contribution in [1.29, 1.82) is 0 Å². The van der Waals surface area contributed by atoms with E-state index in [0.29, 0.717) is 11.8 Å². The van der Waals surface area contributed by atoms with Gasteiger partial charge in [0.2, 0.25) is 0 Å². The first-order valence-corrected chi connectivity index (χ1v) is 14.5. The summed E-state index contributed by atoms with van der Waals surface area (Å²) in [6.07, 6.45) is 0. The van der Waals surface area contributed by atoms with Gasteiger partial charge in [0.05, 0.1) is 26.1 Å². The van der Waals surface area contributed by atoms with Gasteiger partial charge in [0, 0.05) is 27.5 Å². The summed E-state index contributed by atoms with van der Waals surface area (Å²) in [4.78, 5) is 15.2. The summed E-state index contributed by atoms with van der Waals surface area (Å²) in [5.74, 6) is 9.52. The second kappa shape index (κ2) is 10.2. The predicted molar refractivity (Wildman–Crippen MR) is 148 cm³/mol. The number of allylic oxidation sites excluding steroid dienone is 2. The highest BCUT2D eigenvalue weighted by atomic mass is 32.2. The average molecular weight is 497 g/mol. The van der Waals surface area contributed by atoms with Gasteiger partial charge < -0.3 is 0 Å². The number of rotatable bonds is 8. The number of aryl methyl sites for hydroxylation is 1. The van der Waals surface area contributed by atoms with Crippen molar-refractivity contribution in [3.05, 3.63) is 65.0 Å². The molecule has 32 heavy (non-hydrogen) atoms. The highest BCUT2D eigenvalue weighted by Crippen LogP contribution is 2.47. The standard InChI is InChI=1S/C26H28N2S4/c1-7-8-18-10-12-20(32-18)24-22-21(25(28-24)29-13-15(2)3)23(19-11-9-17(6)31-19)27-26(22)30-14-16(4)5/h9-12,15-16H,13-14H2,1-6H3. The van der Waals surface area contributed by atoms with Crippen molar-refractivity contribution in [3.8, 4) is 11.8 Å². The first kappa shape index (κ1) is 23.6. The van der Waals surface area contributed by atoms with Crippen LogP contribution in [0.25, 0.3) is 0 Å². The highest BCUT2D eigenvalue weighted by molar-refractivity contribution is 8.03. The van der Waals surface area contributed by atoms with Crippen LogP contribution in [0.2, 0.25) is 0 Å². The van der Waals surface area contributed by atoms with Gasteiger partial charge in [-0.25, -0.2) is 9.98 Å². The quantitative estimate of drug-likeness (QED) is 0.346. The molecule has 0 spiro atoms. The third-order valence-corrected chi connectivity index (χ3v) is 9.57. The minimum atomic E-state index is 0.605. The topological polar surface area (TPSA) is 24.7 Å². The Labute approximate surface area is 208 Å². The lowest BCUT2D eigenvalue weighted by atomic mass is 10.0. The zero-order valence-corrected chi connectivity index (χ0v) is 22.7. The van der Waals surface area contributed by atoms with Crippen molar-refractivity contribution in [2.75, 3.05) is 11.5 Å². The van der Waals surface area contributed by atoms with Gasteiger partial charge in [-0.3, -0.25) is 0 Å². The smallest absolute Gasteiger partial charge is 0.107 e. The molecule has 0 N–H and O–H groups in total. The first-order valence-electron chi connectivity index (χ1n) is 10.9. The van der Waals surface area contributed by atoms with Crippen LogP contribution in [0.1, 0.15) is 54.1 Å². The van der Waals surface area contributed by atoms with Crippen LogP contribution in [0, 0.1) is 30.6 Å². The van der Waals surface area contributed by atoms with E-state index < -0.39 is 0 Å². The van der Waals surface area contributed by atoms with Gasteiger partial charge in [0.15, 0.2) is 0 Å². The van der Waals surface area contributed by atoms with E-state index in [1.54, 1.807) is 11.3 Å². The number of nitrogens with zero attached hydrogens (tertiary/aromatic N) is 2. The molecule has 0 amide bonds. The molecule has 2 aromatic rings. The molecule has 0 fully saturated rings. The Hall–Kier alpha value is -1.52. The first-order chi connectivity index (χ1) is 15.4. The van der Waals surface area contributed by atoms with E-state index >= 15 is 0 Å². The van der Waals surface area contributed by atoms with Gasteiger partial charge in [0.1, 0.15) is 10.1 Å². The van der Waals surface area contributed by atoms with Crippen LogP contribution >= 0.6 is 46.2 Å². The Morgan fingerprint density at radius 1 is 0.812 bits per heavy atom. The second-order valence-electron chi connectivity index (χ2n) is 8.64. The minimum absolute atomic E-state index is 0.605. The monoisotopic (exact) mass is 496 g/mol. The zero-order chi connectivity index (χ0) is 22.8. The van der Waals surface area contributed by atoms with Gasteiger partial charge >= 0.3 is 0 Å². The van der Waals surface area contributed by atoms with Crippen molar-refractivity contribution in [3.63, 3.8) is 0 Å². The van der Waals surface area contributed by atoms with E-state index in [1.807, 2.05) is 41.8 Å². The number of aliphatic imine (C=N–C) groups is 2. The van der Waals surface area contributed by atoms with Gasteiger partial charge in [-0.15, -0.1) is 52.1 Å². The molecule has 2 nitrogen and oxygen atoms in total. The van der Waals surface area contributed by atoms with E-state index in [9.17, 15) is 0 Å². The molecule has 0 aromatic carbocycles. The number of hydrogen-bond acceptors (Lipinski definition) is 6. The van der Waals surface area contributed by atoms with Crippen molar-refractivity contribution < 1.29 is 0 Å². The summed E-state index contributed by atoms with van der Waals surface area (Å²) in [7, 11) is 0. The summed E-state index contributed by atoms with van der Waals surface area (Å²) < 4.78 is 0. The molecule has 0 saturated carbocycles. The summed E-state index contributed by atoms with van der Waals surface area (Å²) in [6.45, 7) is 13.1. The molecule has 166 valence electrons. The maximum absolute atomic E-state index is 5.22. The van der Waals surface area contributed by atoms with E-state index in [0.717, 1.165) is 37.9 Å². The molecule has 4 heterocycles. The Morgan fingerprint density at radius 3 is 1.81 bits per heavy atom. The maximum atomic E-state index is 5.22. The van der Waals surface area contributed by atoms with Crippen LogP contribution in [0.15, 0.2) is 55.5 Å². The third kappa shape index (κ3) is 5.02. The second-order valence-corrected chi connectivity index (χ2v) is 13.0. The lowest BCUT2D eigenvalue weighted by Crippen LogP contribution is -2.05. The van der Waals surface area contributed by atoms with Crippen LogP contribution < -0.4 is 0 Å². The fourth-order valence-corrected chi connectivity index (χ4v) is 7.10. The minimum Gasteiger partial charge on any atom is -0.239 e. The van der Waals surface area contributed by atoms with Gasteiger partial charge in [-0.2, -0.15) is 0 Å². The Bertz CT molecular complexity index is 1200. The fraction of sp³-hybridized carbons (Fsp3) is 0.385. The third-order valence-electron chi connectivity index (χ3n) is 4.75. The number of fused-ring (bicyclic) bond motifs is 1. The SMILES string of the molecule is CC#Cc1ccc(C2=NC(SCC(C)C)=C3C(c4ccc(C)s4)=NC(SCC(C)C)=C23)s1. The number of hydrogen-bond donors (Lipinski definition) is 0. The summed E-state index contributed by atoms with van der Waals surface area (Å²) in [5.41, 5.74) is 4.62. The number of thioether (sulfide) groups is 2. The molecule has 6 heteroatoms.